The van der Waals surface area contributed by atoms with Crippen molar-refractivity contribution in [2.75, 3.05) is 21.3 Å². The normalized spacial score (nSPS) is 12.6. The van der Waals surface area contributed by atoms with Gasteiger partial charge in [0.15, 0.2) is 10.2 Å². The molecule has 4 N–H and O–H groups in total. The molecule has 0 fully saturated rings. The maximum absolute atomic E-state index is 5.57. The number of thiophene rings is 1. The van der Waals surface area contributed by atoms with Gasteiger partial charge in [-0.05, 0) is 79.9 Å². The number of para-hydroxylation sites is 2. The molecule has 0 spiro atoms. The number of aryl methyl sites for hydroxylation is 1. The zero-order valence-electron chi connectivity index (χ0n) is 15.8. The molecule has 4 nitrogen and oxygen atoms in total. The van der Waals surface area contributed by atoms with Crippen molar-refractivity contribution < 1.29 is 0 Å². The minimum Gasteiger partial charge on any atom is -0.332 e. The van der Waals surface area contributed by atoms with Gasteiger partial charge in [-0.1, -0.05) is 36.4 Å². The van der Waals surface area contributed by atoms with Crippen LogP contribution in [0.2, 0.25) is 0 Å². The number of nitrogens with one attached hydrogen (secondary N) is 4. The molecule has 0 bridgehead atoms. The number of hydrogen-bond donors (Lipinski definition) is 4. The highest BCUT2D eigenvalue weighted by Crippen LogP contribution is 2.42. The second kappa shape index (κ2) is 9.35. The monoisotopic (exact) mass is 438 g/mol. The van der Waals surface area contributed by atoms with Gasteiger partial charge in [0, 0.05) is 16.3 Å². The average Bonchev–Trinajstić information content (AvgIpc) is 3.06. The Kier molecular flexibility index (Phi) is 6.39. The largest absolute Gasteiger partial charge is 0.332 e. The van der Waals surface area contributed by atoms with Crippen molar-refractivity contribution in [3.05, 3.63) is 71.1 Å². The lowest BCUT2D eigenvalue weighted by Crippen LogP contribution is -2.22. The van der Waals surface area contributed by atoms with Crippen LogP contribution in [0, 0.1) is 0 Å². The molecule has 0 saturated carbocycles. The first-order chi connectivity index (χ1) is 14.2. The van der Waals surface area contributed by atoms with Crippen LogP contribution in [-0.2, 0) is 12.8 Å². The van der Waals surface area contributed by atoms with E-state index in [2.05, 4.69) is 21.3 Å². The van der Waals surface area contributed by atoms with Gasteiger partial charge in [-0.15, -0.1) is 11.3 Å². The molecule has 1 heterocycles. The van der Waals surface area contributed by atoms with Gasteiger partial charge in [0.2, 0.25) is 0 Å². The van der Waals surface area contributed by atoms with E-state index in [0.29, 0.717) is 10.2 Å². The summed E-state index contributed by atoms with van der Waals surface area (Å²) in [7, 11) is 0. The Balaban J connectivity index is 1.51. The van der Waals surface area contributed by atoms with Crippen LogP contribution in [0.25, 0.3) is 0 Å². The van der Waals surface area contributed by atoms with Crippen molar-refractivity contribution in [1.82, 2.24) is 0 Å². The van der Waals surface area contributed by atoms with E-state index in [4.69, 9.17) is 24.4 Å². The number of anilines is 4. The molecule has 1 aliphatic rings. The van der Waals surface area contributed by atoms with E-state index < -0.39 is 0 Å². The first-order valence-electron chi connectivity index (χ1n) is 9.59. The third-order valence-electron chi connectivity index (χ3n) is 4.70. The molecule has 0 amide bonds. The second-order valence-electron chi connectivity index (χ2n) is 6.81. The number of thiocarbonyl (C=S) groups is 2. The molecule has 0 radical (unpaired) electrons. The molecular formula is C22H22N4S3. The van der Waals surface area contributed by atoms with E-state index in [1.807, 2.05) is 60.7 Å². The number of hydrogen-bond acceptors (Lipinski definition) is 3. The van der Waals surface area contributed by atoms with Crippen LogP contribution in [0.3, 0.4) is 0 Å². The second-order valence-corrected chi connectivity index (χ2v) is 8.73. The highest BCUT2D eigenvalue weighted by molar-refractivity contribution is 7.81. The Hall–Kier alpha value is -2.48. The molecule has 0 atom stereocenters. The first kappa shape index (κ1) is 19.8. The van der Waals surface area contributed by atoms with Gasteiger partial charge in [0.25, 0.3) is 0 Å². The smallest absolute Gasteiger partial charge is 0.175 e. The third-order valence-corrected chi connectivity index (χ3v) is 6.32. The summed E-state index contributed by atoms with van der Waals surface area (Å²) in [4.78, 5) is 1.41. The summed E-state index contributed by atoms with van der Waals surface area (Å²) < 4.78 is 0. The van der Waals surface area contributed by atoms with Gasteiger partial charge in [-0.2, -0.15) is 0 Å². The van der Waals surface area contributed by atoms with Crippen LogP contribution in [0.4, 0.5) is 22.1 Å². The first-order valence-corrected chi connectivity index (χ1v) is 11.2. The van der Waals surface area contributed by atoms with Crippen LogP contribution in [0.15, 0.2) is 60.7 Å². The van der Waals surface area contributed by atoms with Crippen LogP contribution in [0.5, 0.6) is 0 Å². The standard InChI is InChI=1S/C22H22N4S3/c27-21(23-15-9-3-1-4-10-15)25-19-17-13-7-8-14-18(17)29-20(19)26-22(28)24-16-11-5-2-6-12-16/h1-6,9-12H,7-8,13-14H2,(H2,23,25,27)(H2,24,26,28). The Bertz CT molecular complexity index is 1000. The molecular weight excluding hydrogens is 416 g/mol. The minimum atomic E-state index is 0.569. The molecule has 29 heavy (non-hydrogen) atoms. The van der Waals surface area contributed by atoms with Gasteiger partial charge < -0.3 is 21.3 Å². The molecule has 1 aromatic heterocycles. The SMILES string of the molecule is S=C(Nc1ccccc1)Nc1sc2c(c1NC(=S)Nc1ccccc1)CCCC2. The van der Waals surface area contributed by atoms with Gasteiger partial charge in [0.05, 0.1) is 5.69 Å². The molecule has 1 aliphatic carbocycles. The predicted octanol–water partition coefficient (Wildman–Crippen LogP) is 6.24. The summed E-state index contributed by atoms with van der Waals surface area (Å²) in [6.45, 7) is 0. The fraction of sp³-hybridized carbons (Fsp3) is 0.182. The van der Waals surface area contributed by atoms with Crippen LogP contribution in [-0.4, -0.2) is 10.2 Å². The zero-order valence-corrected chi connectivity index (χ0v) is 18.3. The summed E-state index contributed by atoms with van der Waals surface area (Å²) in [5.74, 6) is 0. The molecule has 0 unspecified atom stereocenters. The number of fused-ring (bicyclic) bond motifs is 1. The summed E-state index contributed by atoms with van der Waals surface area (Å²) in [5.41, 5.74) is 4.31. The average molecular weight is 439 g/mol. The molecule has 3 aromatic rings. The van der Waals surface area contributed by atoms with E-state index in [1.54, 1.807) is 11.3 Å². The van der Waals surface area contributed by atoms with Crippen LogP contribution in [0.1, 0.15) is 23.3 Å². The van der Waals surface area contributed by atoms with Crippen molar-refractivity contribution in [1.29, 1.82) is 0 Å². The summed E-state index contributed by atoms with van der Waals surface area (Å²) >= 11 is 12.9. The van der Waals surface area contributed by atoms with E-state index >= 15 is 0 Å². The topological polar surface area (TPSA) is 48.1 Å². The maximum atomic E-state index is 5.57. The van der Waals surface area contributed by atoms with Crippen molar-refractivity contribution >= 4 is 68.1 Å². The Morgan fingerprint density at radius 1 is 0.690 bits per heavy atom. The lowest BCUT2D eigenvalue weighted by Gasteiger charge is -2.16. The summed E-state index contributed by atoms with van der Waals surface area (Å²) in [6, 6.07) is 19.9. The number of benzene rings is 2. The lowest BCUT2D eigenvalue weighted by molar-refractivity contribution is 0.698. The Morgan fingerprint density at radius 2 is 1.24 bits per heavy atom. The minimum absolute atomic E-state index is 0.569. The lowest BCUT2D eigenvalue weighted by atomic mass is 9.98. The third kappa shape index (κ3) is 5.12. The van der Waals surface area contributed by atoms with E-state index in [0.717, 1.165) is 34.9 Å². The quantitative estimate of drug-likeness (QED) is 0.362. The molecule has 7 heteroatoms. The van der Waals surface area contributed by atoms with Crippen molar-refractivity contribution in [2.24, 2.45) is 0 Å². The van der Waals surface area contributed by atoms with E-state index in [1.165, 1.54) is 23.3 Å². The Morgan fingerprint density at radius 3 is 1.86 bits per heavy atom. The van der Waals surface area contributed by atoms with Gasteiger partial charge in [-0.25, -0.2) is 0 Å². The molecule has 2 aromatic carbocycles. The van der Waals surface area contributed by atoms with Crippen LogP contribution >= 0.6 is 35.8 Å². The highest BCUT2D eigenvalue weighted by atomic mass is 32.1. The van der Waals surface area contributed by atoms with Gasteiger partial charge in [0.1, 0.15) is 5.00 Å². The van der Waals surface area contributed by atoms with Crippen molar-refractivity contribution in [3.8, 4) is 0 Å². The fourth-order valence-electron chi connectivity index (χ4n) is 3.37. The summed E-state index contributed by atoms with van der Waals surface area (Å²) in [6.07, 6.45) is 4.59. The highest BCUT2D eigenvalue weighted by Gasteiger charge is 2.22. The molecule has 0 aliphatic heterocycles. The molecule has 0 saturated heterocycles. The summed E-state index contributed by atoms with van der Waals surface area (Å²) in [5, 5.41) is 15.4. The zero-order chi connectivity index (χ0) is 20.1. The number of rotatable bonds is 4. The van der Waals surface area contributed by atoms with Crippen molar-refractivity contribution in [2.45, 2.75) is 25.7 Å². The Labute approximate surface area is 185 Å². The fourth-order valence-corrected chi connectivity index (χ4v) is 5.12. The molecule has 4 rings (SSSR count). The molecule has 148 valence electrons. The van der Waals surface area contributed by atoms with E-state index in [9.17, 15) is 0 Å². The van der Waals surface area contributed by atoms with Gasteiger partial charge >= 0.3 is 0 Å². The van der Waals surface area contributed by atoms with Crippen molar-refractivity contribution in [3.63, 3.8) is 0 Å². The predicted molar refractivity (Wildman–Crippen MR) is 134 cm³/mol. The van der Waals surface area contributed by atoms with E-state index in [-0.39, 0.29) is 0 Å². The maximum Gasteiger partial charge on any atom is 0.175 e. The van der Waals surface area contributed by atoms with Gasteiger partial charge in [-0.3, -0.25) is 0 Å². The van der Waals surface area contributed by atoms with Crippen LogP contribution < -0.4 is 21.3 Å².